The average Bonchev–Trinajstić information content (AvgIpc) is 2.33. The van der Waals surface area contributed by atoms with E-state index in [-0.39, 0.29) is 0 Å². The van der Waals surface area contributed by atoms with Crippen molar-refractivity contribution in [1.29, 1.82) is 0 Å². The lowest BCUT2D eigenvalue weighted by Gasteiger charge is -1.86. The summed E-state index contributed by atoms with van der Waals surface area (Å²) in [5.41, 5.74) is 0. The summed E-state index contributed by atoms with van der Waals surface area (Å²) in [6.07, 6.45) is 0. The molecule has 0 N–H and O–H groups in total. The molecular formula is C7H5P2-. The predicted octanol–water partition coefficient (Wildman–Crippen LogP) is 3.72. The summed E-state index contributed by atoms with van der Waals surface area (Å²) in [5.74, 6) is 2.26. The molecule has 1 heterocycles. The molecule has 1 aromatic carbocycles. The minimum atomic E-state index is 1.42. The maximum Gasteiger partial charge on any atom is -0.0263 e. The van der Waals surface area contributed by atoms with Crippen LogP contribution in [-0.2, 0) is 0 Å². The highest BCUT2D eigenvalue weighted by Crippen LogP contribution is 2.33. The summed E-state index contributed by atoms with van der Waals surface area (Å²) >= 11 is 0. The minimum Gasteiger partial charge on any atom is -0.496 e. The normalized spacial score (nSPS) is 12.0. The Morgan fingerprint density at radius 3 is 3.00 bits per heavy atom. The monoisotopic (exact) mass is 151 g/mol. The molecule has 0 aliphatic carbocycles. The van der Waals surface area contributed by atoms with Gasteiger partial charge in [-0.3, -0.25) is 7.87 Å². The van der Waals surface area contributed by atoms with Crippen molar-refractivity contribution in [2.24, 2.45) is 0 Å². The number of rotatable bonds is 0. The van der Waals surface area contributed by atoms with Gasteiger partial charge < -0.3 is 7.87 Å². The van der Waals surface area contributed by atoms with Crippen molar-refractivity contribution in [3.63, 3.8) is 0 Å². The highest BCUT2D eigenvalue weighted by atomic mass is 31.8. The Morgan fingerprint density at radius 2 is 2.11 bits per heavy atom. The molecule has 9 heavy (non-hydrogen) atoms. The van der Waals surface area contributed by atoms with Crippen molar-refractivity contribution in [3.05, 3.63) is 30.1 Å². The molecule has 0 spiro atoms. The Kier molecular flexibility index (Phi) is 1.30. The molecule has 0 aliphatic rings. The lowest BCUT2D eigenvalue weighted by atomic mass is 10.3. The van der Waals surface area contributed by atoms with Crippen LogP contribution >= 0.6 is 15.7 Å². The Hall–Kier alpha value is -0.310. The van der Waals surface area contributed by atoms with Gasteiger partial charge in [0.05, 0.1) is 0 Å². The second-order valence-electron chi connectivity index (χ2n) is 1.90. The van der Waals surface area contributed by atoms with Crippen LogP contribution in [0.2, 0.25) is 0 Å². The molecule has 0 aliphatic heterocycles. The lowest BCUT2D eigenvalue weighted by molar-refractivity contribution is 1.86. The van der Waals surface area contributed by atoms with Crippen LogP contribution < -0.4 is 0 Å². The standard InChI is InChI=1S/C7H5P2/c1-2-4-7-6(3-1)5-8-9-7/h1-5H/q-1. The van der Waals surface area contributed by atoms with Gasteiger partial charge in [-0.2, -0.15) is 0 Å². The smallest absolute Gasteiger partial charge is 0.0263 e. The Balaban J connectivity index is 2.95. The molecule has 0 saturated carbocycles. The Morgan fingerprint density at radius 1 is 1.22 bits per heavy atom. The summed E-state index contributed by atoms with van der Waals surface area (Å²) in [5, 5.41) is 2.89. The predicted molar refractivity (Wildman–Crippen MR) is 44.6 cm³/mol. The van der Waals surface area contributed by atoms with Crippen LogP contribution in [0.25, 0.3) is 10.5 Å². The highest BCUT2D eigenvalue weighted by Gasteiger charge is 1.80. The maximum absolute atomic E-state index is 2.26. The highest BCUT2D eigenvalue weighted by molar-refractivity contribution is 7.93. The van der Waals surface area contributed by atoms with Gasteiger partial charge in [0.15, 0.2) is 0 Å². The molecule has 0 fully saturated rings. The number of hydrogen-bond donors (Lipinski definition) is 0. The maximum atomic E-state index is 2.26. The van der Waals surface area contributed by atoms with E-state index in [1.165, 1.54) is 26.2 Å². The molecule has 0 amide bonds. The Labute approximate surface area is 57.0 Å². The van der Waals surface area contributed by atoms with Gasteiger partial charge in [-0.25, -0.2) is 5.80 Å². The fraction of sp³-hybridized carbons (Fsp3) is 0. The molecule has 44 valence electrons. The van der Waals surface area contributed by atoms with E-state index >= 15 is 0 Å². The third-order valence-electron chi connectivity index (χ3n) is 1.30. The van der Waals surface area contributed by atoms with Gasteiger partial charge in [-0.1, -0.05) is 24.3 Å². The topological polar surface area (TPSA) is 0 Å². The van der Waals surface area contributed by atoms with Gasteiger partial charge >= 0.3 is 0 Å². The summed E-state index contributed by atoms with van der Waals surface area (Å²) < 4.78 is 0. The molecule has 0 saturated heterocycles. The number of benzene rings is 1. The molecule has 0 unspecified atom stereocenters. The van der Waals surface area contributed by atoms with Gasteiger partial charge in [-0.15, -0.1) is 0 Å². The second-order valence-corrected chi connectivity index (χ2v) is 4.37. The molecule has 0 nitrogen and oxygen atoms in total. The van der Waals surface area contributed by atoms with Crippen molar-refractivity contribution in [2.45, 2.75) is 0 Å². The van der Waals surface area contributed by atoms with Crippen molar-refractivity contribution in [2.75, 3.05) is 0 Å². The van der Waals surface area contributed by atoms with E-state index in [0.29, 0.717) is 0 Å². The van der Waals surface area contributed by atoms with E-state index in [2.05, 4.69) is 30.1 Å². The molecule has 1 aromatic heterocycles. The van der Waals surface area contributed by atoms with Crippen LogP contribution in [0.5, 0.6) is 0 Å². The van der Waals surface area contributed by atoms with E-state index < -0.39 is 0 Å². The minimum absolute atomic E-state index is 1.42. The summed E-state index contributed by atoms with van der Waals surface area (Å²) in [4.78, 5) is 0. The van der Waals surface area contributed by atoms with Crippen LogP contribution in [0.3, 0.4) is 0 Å². The molecule has 0 bridgehead atoms. The first-order valence-electron chi connectivity index (χ1n) is 2.80. The third-order valence-corrected chi connectivity index (χ3v) is 3.77. The summed E-state index contributed by atoms with van der Waals surface area (Å²) in [6.45, 7) is 0. The number of hydrogen-bond acceptors (Lipinski definition) is 0. The van der Waals surface area contributed by atoms with Crippen molar-refractivity contribution in [1.82, 2.24) is 0 Å². The quantitative estimate of drug-likeness (QED) is 0.538. The molecule has 2 heteroatoms. The van der Waals surface area contributed by atoms with Gasteiger partial charge in [-0.05, 0) is 10.5 Å². The van der Waals surface area contributed by atoms with E-state index in [1.807, 2.05) is 0 Å². The van der Waals surface area contributed by atoms with Crippen molar-refractivity contribution >= 4 is 26.2 Å². The fourth-order valence-corrected chi connectivity index (χ4v) is 3.35. The molecule has 0 atom stereocenters. The lowest BCUT2D eigenvalue weighted by Crippen LogP contribution is -1.55. The first-order valence-corrected chi connectivity index (χ1v) is 5.36. The molecule has 0 radical (unpaired) electrons. The zero-order valence-electron chi connectivity index (χ0n) is 4.78. The van der Waals surface area contributed by atoms with Gasteiger partial charge in [0.2, 0.25) is 0 Å². The fourth-order valence-electron chi connectivity index (χ4n) is 0.841. The van der Waals surface area contributed by atoms with Crippen molar-refractivity contribution in [3.8, 4) is 0 Å². The van der Waals surface area contributed by atoms with E-state index in [4.69, 9.17) is 0 Å². The molecular weight excluding hydrogens is 146 g/mol. The van der Waals surface area contributed by atoms with E-state index in [1.54, 1.807) is 0 Å². The van der Waals surface area contributed by atoms with Crippen LogP contribution in [-0.4, -0.2) is 0 Å². The zero-order chi connectivity index (χ0) is 6.10. The summed E-state index contributed by atoms with van der Waals surface area (Å²) in [6, 6.07) is 8.54. The van der Waals surface area contributed by atoms with E-state index in [0.717, 1.165) is 0 Å². The zero-order valence-corrected chi connectivity index (χ0v) is 6.57. The second kappa shape index (κ2) is 2.14. The number of fused-ring (bicyclic) bond motifs is 1. The van der Waals surface area contributed by atoms with Crippen LogP contribution in [0.1, 0.15) is 0 Å². The first-order chi connectivity index (χ1) is 4.47. The summed E-state index contributed by atoms with van der Waals surface area (Å²) in [7, 11) is 2.86. The average molecular weight is 151 g/mol. The van der Waals surface area contributed by atoms with Gasteiger partial charge in [0, 0.05) is 0 Å². The van der Waals surface area contributed by atoms with Crippen LogP contribution in [0, 0.1) is 0 Å². The molecule has 2 aromatic rings. The van der Waals surface area contributed by atoms with E-state index in [9.17, 15) is 0 Å². The van der Waals surface area contributed by atoms with Crippen molar-refractivity contribution < 1.29 is 0 Å². The third kappa shape index (κ3) is 0.894. The van der Waals surface area contributed by atoms with Crippen LogP contribution in [0.15, 0.2) is 30.1 Å². The van der Waals surface area contributed by atoms with Gasteiger partial charge in [0.25, 0.3) is 0 Å². The van der Waals surface area contributed by atoms with Crippen LogP contribution in [0.4, 0.5) is 0 Å². The Bertz CT molecular complexity index is 281. The first kappa shape index (κ1) is 5.47. The van der Waals surface area contributed by atoms with Gasteiger partial charge in [0.1, 0.15) is 0 Å². The largest absolute Gasteiger partial charge is 0.496 e. The molecule has 2 rings (SSSR count). The SMILES string of the molecule is c1ccc2p[p-]cc2c1.